The van der Waals surface area contributed by atoms with Crippen molar-refractivity contribution in [3.05, 3.63) is 47.8 Å². The van der Waals surface area contributed by atoms with E-state index in [9.17, 15) is 4.39 Å². The molecule has 17 heavy (non-hydrogen) atoms. The number of halogens is 1. The van der Waals surface area contributed by atoms with Crippen molar-refractivity contribution in [3.63, 3.8) is 0 Å². The minimum atomic E-state index is -0.204. The van der Waals surface area contributed by atoms with E-state index < -0.39 is 0 Å². The van der Waals surface area contributed by atoms with Crippen molar-refractivity contribution in [1.82, 2.24) is 9.55 Å². The van der Waals surface area contributed by atoms with E-state index >= 15 is 0 Å². The Kier molecular flexibility index (Phi) is 3.42. The maximum absolute atomic E-state index is 13.5. The Morgan fingerprint density at radius 2 is 2.24 bits per heavy atom. The van der Waals surface area contributed by atoms with E-state index in [0.29, 0.717) is 12.2 Å². The van der Waals surface area contributed by atoms with Crippen LogP contribution in [0.3, 0.4) is 0 Å². The van der Waals surface area contributed by atoms with Gasteiger partial charge in [0.15, 0.2) is 0 Å². The van der Waals surface area contributed by atoms with Crippen molar-refractivity contribution >= 4 is 5.69 Å². The van der Waals surface area contributed by atoms with Crippen molar-refractivity contribution in [2.24, 2.45) is 7.05 Å². The molecule has 0 saturated carbocycles. The fourth-order valence-electron chi connectivity index (χ4n) is 1.79. The van der Waals surface area contributed by atoms with E-state index in [2.05, 4.69) is 10.3 Å². The van der Waals surface area contributed by atoms with Crippen LogP contribution >= 0.6 is 0 Å². The van der Waals surface area contributed by atoms with Crippen LogP contribution in [0.1, 0.15) is 11.4 Å². The molecular weight excluding hydrogens is 217 g/mol. The van der Waals surface area contributed by atoms with Gasteiger partial charge in [0.25, 0.3) is 0 Å². The van der Waals surface area contributed by atoms with Gasteiger partial charge in [0.1, 0.15) is 11.6 Å². The molecule has 0 aliphatic carbocycles. The standard InChI is InChI=1S/C13H16FN3/c1-10-4-3-5-11(14)13(10)16-7-6-12-15-8-9-17(12)2/h3-5,8-9,16H,6-7H2,1-2H3. The third kappa shape index (κ3) is 2.64. The highest BCUT2D eigenvalue weighted by Crippen LogP contribution is 2.18. The molecule has 2 rings (SSSR count). The maximum atomic E-state index is 13.5. The summed E-state index contributed by atoms with van der Waals surface area (Å²) in [6.45, 7) is 2.57. The largest absolute Gasteiger partial charge is 0.382 e. The van der Waals surface area contributed by atoms with Crippen molar-refractivity contribution in [2.75, 3.05) is 11.9 Å². The quantitative estimate of drug-likeness (QED) is 0.879. The topological polar surface area (TPSA) is 29.9 Å². The molecule has 0 atom stereocenters. The predicted molar refractivity (Wildman–Crippen MR) is 66.5 cm³/mol. The first kappa shape index (κ1) is 11.6. The van der Waals surface area contributed by atoms with Crippen LogP contribution in [0.15, 0.2) is 30.6 Å². The minimum Gasteiger partial charge on any atom is -0.382 e. The molecule has 0 bridgehead atoms. The molecule has 1 aromatic carbocycles. The van der Waals surface area contributed by atoms with Crippen molar-refractivity contribution in [3.8, 4) is 0 Å². The minimum absolute atomic E-state index is 0.204. The number of hydrogen-bond donors (Lipinski definition) is 1. The zero-order chi connectivity index (χ0) is 12.3. The smallest absolute Gasteiger partial charge is 0.146 e. The number of aromatic nitrogens is 2. The number of hydrogen-bond acceptors (Lipinski definition) is 2. The first-order valence-corrected chi connectivity index (χ1v) is 5.63. The SMILES string of the molecule is Cc1cccc(F)c1NCCc1nccn1C. The molecule has 0 spiro atoms. The van der Waals surface area contributed by atoms with Crippen molar-refractivity contribution in [2.45, 2.75) is 13.3 Å². The van der Waals surface area contributed by atoms with E-state index in [0.717, 1.165) is 17.8 Å². The van der Waals surface area contributed by atoms with Gasteiger partial charge in [-0.1, -0.05) is 12.1 Å². The molecule has 2 aromatic rings. The lowest BCUT2D eigenvalue weighted by Gasteiger charge is -2.10. The summed E-state index contributed by atoms with van der Waals surface area (Å²) in [5, 5.41) is 3.12. The number of aryl methyl sites for hydroxylation is 2. The summed E-state index contributed by atoms with van der Waals surface area (Å²) < 4.78 is 15.5. The average Bonchev–Trinajstić information content (AvgIpc) is 2.69. The Morgan fingerprint density at radius 1 is 1.41 bits per heavy atom. The molecule has 0 unspecified atom stereocenters. The number of nitrogens with zero attached hydrogens (tertiary/aromatic N) is 2. The van der Waals surface area contributed by atoms with Gasteiger partial charge in [0.2, 0.25) is 0 Å². The van der Waals surface area contributed by atoms with Gasteiger partial charge < -0.3 is 9.88 Å². The Hall–Kier alpha value is -1.84. The summed E-state index contributed by atoms with van der Waals surface area (Å²) >= 11 is 0. The first-order chi connectivity index (χ1) is 8.18. The van der Waals surface area contributed by atoms with E-state index in [1.54, 1.807) is 12.3 Å². The zero-order valence-electron chi connectivity index (χ0n) is 10.1. The van der Waals surface area contributed by atoms with Crippen LogP contribution in [0.4, 0.5) is 10.1 Å². The van der Waals surface area contributed by atoms with Crippen LogP contribution in [-0.4, -0.2) is 16.1 Å². The Balaban J connectivity index is 1.97. The number of benzene rings is 1. The summed E-state index contributed by atoms with van der Waals surface area (Å²) in [6.07, 6.45) is 4.45. The zero-order valence-corrected chi connectivity index (χ0v) is 10.1. The van der Waals surface area contributed by atoms with Gasteiger partial charge >= 0.3 is 0 Å². The Morgan fingerprint density at radius 3 is 2.88 bits per heavy atom. The maximum Gasteiger partial charge on any atom is 0.146 e. The summed E-state index contributed by atoms with van der Waals surface area (Å²) in [6, 6.07) is 5.08. The lowest BCUT2D eigenvalue weighted by atomic mass is 10.2. The molecule has 4 heteroatoms. The molecule has 0 amide bonds. The van der Waals surface area contributed by atoms with Gasteiger partial charge in [-0.3, -0.25) is 0 Å². The third-order valence-corrected chi connectivity index (χ3v) is 2.79. The van der Waals surface area contributed by atoms with Crippen LogP contribution in [0.25, 0.3) is 0 Å². The molecule has 0 aliphatic rings. The second-order valence-corrected chi connectivity index (χ2v) is 4.06. The number of rotatable bonds is 4. The van der Waals surface area contributed by atoms with Gasteiger partial charge in [-0.25, -0.2) is 9.37 Å². The highest BCUT2D eigenvalue weighted by Gasteiger charge is 2.05. The summed E-state index contributed by atoms with van der Waals surface area (Å²) in [5.41, 5.74) is 1.51. The fourth-order valence-corrected chi connectivity index (χ4v) is 1.79. The van der Waals surface area contributed by atoms with Crippen LogP contribution in [0, 0.1) is 12.7 Å². The molecule has 0 fully saturated rings. The summed E-state index contributed by atoms with van der Waals surface area (Å²) in [5.74, 6) is 0.788. The van der Waals surface area contributed by atoms with Gasteiger partial charge in [-0.2, -0.15) is 0 Å². The number of para-hydroxylation sites is 1. The lowest BCUT2D eigenvalue weighted by molar-refractivity contribution is 0.628. The highest BCUT2D eigenvalue weighted by molar-refractivity contribution is 5.51. The van der Waals surface area contributed by atoms with E-state index in [1.165, 1.54) is 6.07 Å². The van der Waals surface area contributed by atoms with Crippen LogP contribution in [-0.2, 0) is 13.5 Å². The normalized spacial score (nSPS) is 10.5. The fraction of sp³-hybridized carbons (Fsp3) is 0.308. The monoisotopic (exact) mass is 233 g/mol. The average molecular weight is 233 g/mol. The van der Waals surface area contributed by atoms with Gasteiger partial charge in [0, 0.05) is 32.4 Å². The van der Waals surface area contributed by atoms with E-state index in [1.807, 2.05) is 30.8 Å². The second kappa shape index (κ2) is 4.99. The molecule has 0 saturated heterocycles. The van der Waals surface area contributed by atoms with E-state index in [-0.39, 0.29) is 5.82 Å². The summed E-state index contributed by atoms with van der Waals surface area (Å²) in [7, 11) is 1.96. The van der Waals surface area contributed by atoms with Crippen molar-refractivity contribution < 1.29 is 4.39 Å². The predicted octanol–water partition coefficient (Wildman–Crippen LogP) is 2.52. The third-order valence-electron chi connectivity index (χ3n) is 2.79. The Bertz CT molecular complexity index is 485. The van der Waals surface area contributed by atoms with E-state index in [4.69, 9.17) is 0 Å². The second-order valence-electron chi connectivity index (χ2n) is 4.06. The molecule has 0 radical (unpaired) electrons. The number of imidazole rings is 1. The highest BCUT2D eigenvalue weighted by atomic mass is 19.1. The van der Waals surface area contributed by atoms with Crippen molar-refractivity contribution in [1.29, 1.82) is 0 Å². The first-order valence-electron chi connectivity index (χ1n) is 5.63. The van der Waals surface area contributed by atoms with Gasteiger partial charge in [-0.05, 0) is 18.6 Å². The van der Waals surface area contributed by atoms with Crippen LogP contribution in [0.2, 0.25) is 0 Å². The lowest BCUT2D eigenvalue weighted by Crippen LogP contribution is -2.10. The Labute approximate surface area is 100 Å². The molecular formula is C13H16FN3. The number of nitrogens with one attached hydrogen (secondary N) is 1. The molecule has 1 heterocycles. The number of anilines is 1. The molecule has 90 valence electrons. The van der Waals surface area contributed by atoms with Crippen LogP contribution < -0.4 is 5.32 Å². The van der Waals surface area contributed by atoms with Crippen LogP contribution in [0.5, 0.6) is 0 Å². The van der Waals surface area contributed by atoms with Gasteiger partial charge in [0.05, 0.1) is 5.69 Å². The molecule has 0 aliphatic heterocycles. The molecule has 1 N–H and O–H groups in total. The molecule has 3 nitrogen and oxygen atoms in total. The molecule has 1 aromatic heterocycles. The summed E-state index contributed by atoms with van der Waals surface area (Å²) in [4.78, 5) is 4.22. The van der Waals surface area contributed by atoms with Gasteiger partial charge in [-0.15, -0.1) is 0 Å².